The van der Waals surface area contributed by atoms with Gasteiger partial charge in [-0.15, -0.1) is 0 Å². The van der Waals surface area contributed by atoms with Crippen LogP contribution in [0.5, 0.6) is 0 Å². The predicted octanol–water partition coefficient (Wildman–Crippen LogP) is 1.97. The lowest BCUT2D eigenvalue weighted by molar-refractivity contribution is 0.345. The largest absolute Gasteiger partial charge is 0.279 e. The molecular formula is C10H23BrN2O2S. The van der Waals surface area contributed by atoms with Gasteiger partial charge >= 0.3 is 0 Å². The van der Waals surface area contributed by atoms with Crippen LogP contribution in [0.1, 0.15) is 34.1 Å². The van der Waals surface area contributed by atoms with Gasteiger partial charge in [-0.2, -0.15) is 12.7 Å². The Kier molecular flexibility index (Phi) is 7.09. The Bertz CT molecular complexity index is 287. The fourth-order valence-corrected chi connectivity index (χ4v) is 3.79. The Balaban J connectivity index is 4.39. The molecule has 0 radical (unpaired) electrons. The highest BCUT2D eigenvalue weighted by Gasteiger charge is 2.23. The van der Waals surface area contributed by atoms with Crippen LogP contribution in [-0.2, 0) is 10.2 Å². The maximum Gasteiger partial charge on any atom is 0.279 e. The van der Waals surface area contributed by atoms with E-state index < -0.39 is 10.2 Å². The Morgan fingerprint density at radius 2 is 1.75 bits per heavy atom. The zero-order chi connectivity index (χ0) is 12.8. The molecule has 0 unspecified atom stereocenters. The van der Waals surface area contributed by atoms with Crippen LogP contribution in [0, 0.1) is 5.41 Å². The van der Waals surface area contributed by atoms with Crippen molar-refractivity contribution in [2.75, 3.05) is 25.0 Å². The molecule has 98 valence electrons. The van der Waals surface area contributed by atoms with E-state index in [-0.39, 0.29) is 5.41 Å². The minimum absolute atomic E-state index is 0.0241. The van der Waals surface area contributed by atoms with Gasteiger partial charge in [0.05, 0.1) is 0 Å². The van der Waals surface area contributed by atoms with E-state index in [1.165, 1.54) is 4.31 Å². The molecule has 0 amide bonds. The number of nitrogens with zero attached hydrogens (tertiary/aromatic N) is 1. The number of nitrogens with one attached hydrogen (secondary N) is 1. The van der Waals surface area contributed by atoms with Gasteiger partial charge in [-0.05, 0) is 11.8 Å². The van der Waals surface area contributed by atoms with E-state index >= 15 is 0 Å². The summed E-state index contributed by atoms with van der Waals surface area (Å²) >= 11 is 3.37. The van der Waals surface area contributed by atoms with E-state index in [2.05, 4.69) is 34.5 Å². The Morgan fingerprint density at radius 1 is 1.25 bits per heavy atom. The van der Waals surface area contributed by atoms with Crippen LogP contribution in [-0.4, -0.2) is 37.7 Å². The summed E-state index contributed by atoms with van der Waals surface area (Å²) in [6.45, 7) is 9.27. The average Bonchev–Trinajstić information content (AvgIpc) is 2.17. The summed E-state index contributed by atoms with van der Waals surface area (Å²) in [7, 11) is -3.31. The molecule has 16 heavy (non-hydrogen) atoms. The highest BCUT2D eigenvalue weighted by molar-refractivity contribution is 9.09. The van der Waals surface area contributed by atoms with Crippen molar-refractivity contribution < 1.29 is 8.42 Å². The molecule has 0 aromatic rings. The van der Waals surface area contributed by atoms with Crippen molar-refractivity contribution in [1.82, 2.24) is 9.03 Å². The van der Waals surface area contributed by atoms with Gasteiger partial charge in [0.1, 0.15) is 0 Å². The van der Waals surface area contributed by atoms with Gasteiger partial charge in [0.2, 0.25) is 0 Å². The fraction of sp³-hybridized carbons (Fsp3) is 1.00. The number of halogens is 1. The molecule has 0 saturated heterocycles. The molecule has 0 aliphatic heterocycles. The molecule has 0 rings (SSSR count). The van der Waals surface area contributed by atoms with Crippen molar-refractivity contribution in [3.8, 4) is 0 Å². The van der Waals surface area contributed by atoms with E-state index in [9.17, 15) is 8.42 Å². The second-order valence-electron chi connectivity index (χ2n) is 4.51. The first-order chi connectivity index (χ1) is 7.29. The summed E-state index contributed by atoms with van der Waals surface area (Å²) < 4.78 is 27.8. The lowest BCUT2D eigenvalue weighted by atomic mass is 9.91. The minimum atomic E-state index is -3.31. The SMILES string of the molecule is CCN(CC)S(=O)(=O)NCC(C)(C)CCBr. The summed E-state index contributed by atoms with van der Waals surface area (Å²) in [5, 5.41) is 0.882. The van der Waals surface area contributed by atoms with Crippen molar-refractivity contribution in [3.63, 3.8) is 0 Å². The highest BCUT2D eigenvalue weighted by Crippen LogP contribution is 2.20. The van der Waals surface area contributed by atoms with Gasteiger partial charge in [0, 0.05) is 25.0 Å². The molecule has 0 bridgehead atoms. The summed E-state index contributed by atoms with van der Waals surface area (Å²) in [6, 6.07) is 0. The van der Waals surface area contributed by atoms with Crippen LogP contribution >= 0.6 is 15.9 Å². The third kappa shape index (κ3) is 5.61. The van der Waals surface area contributed by atoms with E-state index in [4.69, 9.17) is 0 Å². The van der Waals surface area contributed by atoms with E-state index in [1.807, 2.05) is 13.8 Å². The molecule has 0 spiro atoms. The number of rotatable bonds is 8. The Labute approximate surface area is 108 Å². The molecule has 0 fully saturated rings. The van der Waals surface area contributed by atoms with Crippen molar-refractivity contribution in [3.05, 3.63) is 0 Å². The van der Waals surface area contributed by atoms with Crippen molar-refractivity contribution in [1.29, 1.82) is 0 Å². The molecule has 0 aliphatic carbocycles. The van der Waals surface area contributed by atoms with Crippen molar-refractivity contribution in [2.24, 2.45) is 5.41 Å². The first-order valence-corrected chi connectivity index (χ1v) is 8.16. The molecule has 0 saturated carbocycles. The van der Waals surface area contributed by atoms with Crippen LogP contribution in [0.2, 0.25) is 0 Å². The maximum atomic E-state index is 11.8. The smallest absolute Gasteiger partial charge is 0.202 e. The maximum absolute atomic E-state index is 11.8. The van der Waals surface area contributed by atoms with Crippen LogP contribution < -0.4 is 4.72 Å². The zero-order valence-corrected chi connectivity index (χ0v) is 13.0. The summed E-state index contributed by atoms with van der Waals surface area (Å²) in [4.78, 5) is 0. The van der Waals surface area contributed by atoms with Crippen molar-refractivity contribution in [2.45, 2.75) is 34.1 Å². The zero-order valence-electron chi connectivity index (χ0n) is 10.6. The molecule has 0 aromatic carbocycles. The van der Waals surface area contributed by atoms with Gasteiger partial charge in [-0.1, -0.05) is 43.6 Å². The minimum Gasteiger partial charge on any atom is -0.202 e. The van der Waals surface area contributed by atoms with Crippen LogP contribution in [0.15, 0.2) is 0 Å². The monoisotopic (exact) mass is 314 g/mol. The van der Waals surface area contributed by atoms with Crippen molar-refractivity contribution >= 4 is 26.1 Å². The lowest BCUT2D eigenvalue weighted by Gasteiger charge is -2.26. The van der Waals surface area contributed by atoms with E-state index in [0.29, 0.717) is 19.6 Å². The summed E-state index contributed by atoms with van der Waals surface area (Å²) in [6.07, 6.45) is 0.938. The lowest BCUT2D eigenvalue weighted by Crippen LogP contribution is -2.44. The quantitative estimate of drug-likeness (QED) is 0.696. The summed E-state index contributed by atoms with van der Waals surface area (Å²) in [5.74, 6) is 0. The average molecular weight is 315 g/mol. The van der Waals surface area contributed by atoms with Gasteiger partial charge in [0.15, 0.2) is 0 Å². The standard InChI is InChI=1S/C10H23BrN2O2S/c1-5-13(6-2)16(14,15)12-9-10(3,4)7-8-11/h12H,5-9H2,1-4H3. The number of hydrogen-bond donors (Lipinski definition) is 1. The molecule has 0 aromatic heterocycles. The molecular weight excluding hydrogens is 292 g/mol. The molecule has 0 aliphatic rings. The third-order valence-corrected chi connectivity index (χ3v) is 4.65. The van der Waals surface area contributed by atoms with Gasteiger partial charge in [-0.3, -0.25) is 0 Å². The number of hydrogen-bond acceptors (Lipinski definition) is 2. The van der Waals surface area contributed by atoms with Crippen LogP contribution in [0.3, 0.4) is 0 Å². The Hall–Kier alpha value is 0.350. The third-order valence-electron chi connectivity index (χ3n) is 2.55. The van der Waals surface area contributed by atoms with Gasteiger partial charge < -0.3 is 0 Å². The molecule has 1 N–H and O–H groups in total. The van der Waals surface area contributed by atoms with Gasteiger partial charge in [-0.25, -0.2) is 4.72 Å². The molecule has 4 nitrogen and oxygen atoms in total. The topological polar surface area (TPSA) is 49.4 Å². The van der Waals surface area contributed by atoms with Crippen LogP contribution in [0.4, 0.5) is 0 Å². The first kappa shape index (κ1) is 16.4. The number of alkyl halides is 1. The first-order valence-electron chi connectivity index (χ1n) is 5.59. The normalized spacial score (nSPS) is 13.4. The second kappa shape index (κ2) is 6.93. The second-order valence-corrected chi connectivity index (χ2v) is 7.06. The predicted molar refractivity (Wildman–Crippen MR) is 72.0 cm³/mol. The van der Waals surface area contributed by atoms with E-state index in [0.717, 1.165) is 11.8 Å². The molecule has 0 atom stereocenters. The van der Waals surface area contributed by atoms with Gasteiger partial charge in [0.25, 0.3) is 10.2 Å². The fourth-order valence-electron chi connectivity index (χ4n) is 1.29. The van der Waals surface area contributed by atoms with Crippen LogP contribution in [0.25, 0.3) is 0 Å². The van der Waals surface area contributed by atoms with E-state index in [1.54, 1.807) is 0 Å². The Morgan fingerprint density at radius 3 is 2.12 bits per heavy atom. The molecule has 6 heteroatoms. The summed E-state index contributed by atoms with van der Waals surface area (Å²) in [5.41, 5.74) is -0.0241. The highest BCUT2D eigenvalue weighted by atomic mass is 79.9. The molecule has 0 heterocycles.